The number of hydrogen-bond donors (Lipinski definition) is 3. The van der Waals surface area contributed by atoms with E-state index in [0.717, 1.165) is 6.92 Å². The Hall–Kier alpha value is -1.27. The summed E-state index contributed by atoms with van der Waals surface area (Å²) in [5, 5.41) is 26.0. The predicted octanol–water partition coefficient (Wildman–Crippen LogP) is -1.66. The van der Waals surface area contributed by atoms with Crippen LogP contribution in [0.2, 0.25) is 0 Å². The van der Waals surface area contributed by atoms with Crippen LogP contribution >= 0.6 is 0 Å². The monoisotopic (exact) mass is 190 g/mol. The van der Waals surface area contributed by atoms with Gasteiger partial charge in [0.1, 0.15) is 6.10 Å². The Morgan fingerprint density at radius 1 is 1.23 bits per heavy atom. The molecule has 0 aromatic heterocycles. The Morgan fingerprint density at radius 3 is 2.00 bits per heavy atom. The average Bonchev–Trinajstić information content (AvgIpc) is 2.02. The molecule has 0 aliphatic heterocycles. The van der Waals surface area contributed by atoms with Gasteiger partial charge in [0.15, 0.2) is 5.78 Å². The number of rotatable bonds is 5. The maximum absolute atomic E-state index is 10.5. The highest BCUT2D eigenvalue weighted by atomic mass is 16.4. The Balaban J connectivity index is 4.15. The molecule has 0 saturated heterocycles. The van der Waals surface area contributed by atoms with Gasteiger partial charge in [-0.3, -0.25) is 9.59 Å². The maximum atomic E-state index is 10.5. The molecule has 13 heavy (non-hydrogen) atoms. The topological polar surface area (TPSA) is 112 Å². The van der Waals surface area contributed by atoms with Gasteiger partial charge in [-0.05, 0) is 6.92 Å². The minimum Gasteiger partial charge on any atom is -0.475 e. The SMILES string of the molecule is CC(=O)[C@@H](O)[C@H](O)CC(=O)C(=O)O. The number of carbonyl (C=O) groups excluding carboxylic acids is 2. The van der Waals surface area contributed by atoms with Crippen LogP contribution in [0.15, 0.2) is 0 Å². The number of Topliss-reactive ketones (excluding diaryl/α,β-unsaturated/α-hetero) is 2. The lowest BCUT2D eigenvalue weighted by Gasteiger charge is -2.12. The van der Waals surface area contributed by atoms with Crippen molar-refractivity contribution in [2.24, 2.45) is 0 Å². The van der Waals surface area contributed by atoms with Gasteiger partial charge >= 0.3 is 5.97 Å². The van der Waals surface area contributed by atoms with E-state index in [1.807, 2.05) is 0 Å². The number of aliphatic carboxylic acids is 1. The van der Waals surface area contributed by atoms with Crippen molar-refractivity contribution in [2.45, 2.75) is 25.6 Å². The zero-order chi connectivity index (χ0) is 10.6. The summed E-state index contributed by atoms with van der Waals surface area (Å²) in [7, 11) is 0. The molecule has 6 nitrogen and oxygen atoms in total. The molecule has 6 heteroatoms. The van der Waals surface area contributed by atoms with E-state index in [9.17, 15) is 14.4 Å². The lowest BCUT2D eigenvalue weighted by atomic mass is 10.1. The number of aliphatic hydroxyl groups excluding tert-OH is 2. The Labute approximate surface area is 73.8 Å². The molecule has 2 atom stereocenters. The lowest BCUT2D eigenvalue weighted by molar-refractivity contribution is -0.151. The molecule has 74 valence electrons. The maximum Gasteiger partial charge on any atom is 0.372 e. The Bertz CT molecular complexity index is 233. The summed E-state index contributed by atoms with van der Waals surface area (Å²) in [4.78, 5) is 31.0. The second kappa shape index (κ2) is 4.68. The summed E-state index contributed by atoms with van der Waals surface area (Å²) in [6, 6.07) is 0. The van der Waals surface area contributed by atoms with E-state index in [4.69, 9.17) is 15.3 Å². The van der Waals surface area contributed by atoms with Gasteiger partial charge < -0.3 is 15.3 Å². The predicted molar refractivity (Wildman–Crippen MR) is 40.0 cm³/mol. The number of ketones is 2. The quantitative estimate of drug-likeness (QED) is 0.447. The minimum atomic E-state index is -1.71. The molecule has 0 saturated carbocycles. The van der Waals surface area contributed by atoms with Crippen LogP contribution in [0.5, 0.6) is 0 Å². The molecular weight excluding hydrogens is 180 g/mol. The fraction of sp³-hybridized carbons (Fsp3) is 0.571. The van der Waals surface area contributed by atoms with Crippen molar-refractivity contribution < 1.29 is 29.7 Å². The molecule has 0 radical (unpaired) electrons. The summed E-state index contributed by atoms with van der Waals surface area (Å²) in [6.45, 7) is 1.03. The van der Waals surface area contributed by atoms with Crippen molar-refractivity contribution in [3.8, 4) is 0 Å². The van der Waals surface area contributed by atoms with E-state index < -0.39 is 36.2 Å². The number of carboxylic acid groups (broad SMARTS) is 1. The third kappa shape index (κ3) is 3.77. The first kappa shape index (κ1) is 11.7. The molecule has 0 spiro atoms. The summed E-state index contributed by atoms with van der Waals surface area (Å²) >= 11 is 0. The highest BCUT2D eigenvalue weighted by Gasteiger charge is 2.25. The van der Waals surface area contributed by atoms with E-state index in [0.29, 0.717) is 0 Å². The number of carbonyl (C=O) groups is 3. The van der Waals surface area contributed by atoms with E-state index in [-0.39, 0.29) is 0 Å². The van der Waals surface area contributed by atoms with Crippen molar-refractivity contribution in [3.63, 3.8) is 0 Å². The number of carboxylic acids is 1. The third-order valence-corrected chi connectivity index (χ3v) is 1.41. The zero-order valence-corrected chi connectivity index (χ0v) is 6.93. The minimum absolute atomic E-state index is 0.717. The van der Waals surface area contributed by atoms with Crippen molar-refractivity contribution in [3.05, 3.63) is 0 Å². The summed E-state index contributed by atoms with van der Waals surface area (Å²) in [6.07, 6.45) is -4.12. The van der Waals surface area contributed by atoms with Crippen LogP contribution < -0.4 is 0 Å². The largest absolute Gasteiger partial charge is 0.475 e. The fourth-order valence-electron chi connectivity index (χ4n) is 0.660. The van der Waals surface area contributed by atoms with E-state index in [2.05, 4.69) is 0 Å². The molecule has 0 aliphatic rings. The zero-order valence-electron chi connectivity index (χ0n) is 6.93. The highest BCUT2D eigenvalue weighted by Crippen LogP contribution is 2.01. The van der Waals surface area contributed by atoms with Crippen LogP contribution in [0.4, 0.5) is 0 Å². The molecule has 0 aromatic carbocycles. The van der Waals surface area contributed by atoms with Crippen molar-refractivity contribution in [1.29, 1.82) is 0 Å². The molecule has 0 aliphatic carbocycles. The first-order chi connectivity index (χ1) is 5.86. The fourth-order valence-corrected chi connectivity index (χ4v) is 0.660. The molecule has 3 N–H and O–H groups in total. The Morgan fingerprint density at radius 2 is 1.69 bits per heavy atom. The number of aliphatic hydroxyl groups is 2. The van der Waals surface area contributed by atoms with Gasteiger partial charge in [0, 0.05) is 6.42 Å². The van der Waals surface area contributed by atoms with Gasteiger partial charge in [-0.1, -0.05) is 0 Å². The van der Waals surface area contributed by atoms with Gasteiger partial charge in [0.2, 0.25) is 5.78 Å². The standard InChI is InChI=1S/C7H10O6/c1-3(8)6(11)4(9)2-5(10)7(12)13/h4,6,9,11H,2H2,1H3,(H,12,13)/t4-,6-/m1/s1. The normalized spacial score (nSPS) is 14.7. The second-order valence-corrected chi connectivity index (χ2v) is 2.56. The molecule has 0 fully saturated rings. The highest BCUT2D eigenvalue weighted by molar-refractivity contribution is 6.32. The molecular formula is C7H10O6. The van der Waals surface area contributed by atoms with Gasteiger partial charge in [-0.15, -0.1) is 0 Å². The lowest BCUT2D eigenvalue weighted by Crippen LogP contribution is -2.35. The first-order valence-electron chi connectivity index (χ1n) is 3.49. The summed E-state index contributed by atoms with van der Waals surface area (Å²) in [5.74, 6) is -3.66. The third-order valence-electron chi connectivity index (χ3n) is 1.41. The smallest absolute Gasteiger partial charge is 0.372 e. The van der Waals surface area contributed by atoms with Crippen LogP contribution in [0.1, 0.15) is 13.3 Å². The molecule has 0 bridgehead atoms. The first-order valence-corrected chi connectivity index (χ1v) is 3.49. The van der Waals surface area contributed by atoms with Crippen molar-refractivity contribution in [2.75, 3.05) is 0 Å². The van der Waals surface area contributed by atoms with E-state index >= 15 is 0 Å². The van der Waals surface area contributed by atoms with E-state index in [1.165, 1.54) is 0 Å². The molecule has 0 rings (SSSR count). The van der Waals surface area contributed by atoms with Crippen LogP contribution in [0.25, 0.3) is 0 Å². The number of hydrogen-bond acceptors (Lipinski definition) is 5. The van der Waals surface area contributed by atoms with Crippen LogP contribution in [0, 0.1) is 0 Å². The van der Waals surface area contributed by atoms with Crippen LogP contribution in [-0.2, 0) is 14.4 Å². The van der Waals surface area contributed by atoms with Crippen LogP contribution in [0.3, 0.4) is 0 Å². The average molecular weight is 190 g/mol. The molecule has 0 unspecified atom stereocenters. The van der Waals surface area contributed by atoms with Gasteiger partial charge in [-0.25, -0.2) is 4.79 Å². The van der Waals surface area contributed by atoms with Crippen LogP contribution in [-0.4, -0.2) is 45.1 Å². The van der Waals surface area contributed by atoms with Gasteiger partial charge in [0.25, 0.3) is 0 Å². The van der Waals surface area contributed by atoms with Gasteiger partial charge in [0.05, 0.1) is 6.10 Å². The summed E-state index contributed by atoms with van der Waals surface area (Å²) < 4.78 is 0. The molecule has 0 heterocycles. The van der Waals surface area contributed by atoms with Crippen molar-refractivity contribution in [1.82, 2.24) is 0 Å². The van der Waals surface area contributed by atoms with E-state index in [1.54, 1.807) is 0 Å². The summed E-state index contributed by atoms with van der Waals surface area (Å²) in [5.41, 5.74) is 0. The Kier molecular flexibility index (Phi) is 4.22. The van der Waals surface area contributed by atoms with Gasteiger partial charge in [-0.2, -0.15) is 0 Å². The second-order valence-electron chi connectivity index (χ2n) is 2.56. The molecule has 0 amide bonds. The molecule has 0 aromatic rings. The van der Waals surface area contributed by atoms with Crippen molar-refractivity contribution >= 4 is 17.5 Å².